The molecule has 120 valence electrons. The molecule has 0 spiro atoms. The Bertz CT molecular complexity index is 1080. The van der Waals surface area contributed by atoms with Crippen molar-refractivity contribution in [2.45, 2.75) is 39.0 Å². The number of nitriles is 1. The molecule has 0 unspecified atom stereocenters. The number of fused-ring (bicyclic) bond motifs is 2. The summed E-state index contributed by atoms with van der Waals surface area (Å²) in [5.74, 6) is 0. The third-order valence-corrected chi connectivity index (χ3v) is 5.19. The van der Waals surface area contributed by atoms with Crippen LogP contribution in [-0.2, 0) is 11.8 Å². The van der Waals surface area contributed by atoms with Crippen molar-refractivity contribution in [1.29, 1.82) is 5.26 Å². The Morgan fingerprint density at radius 1 is 1.29 bits per heavy atom. The van der Waals surface area contributed by atoms with Crippen LogP contribution < -0.4 is 5.56 Å². The van der Waals surface area contributed by atoms with Crippen LogP contribution in [0.15, 0.2) is 23.1 Å². The van der Waals surface area contributed by atoms with Crippen LogP contribution in [0.4, 0.5) is 0 Å². The van der Waals surface area contributed by atoms with E-state index in [2.05, 4.69) is 35.1 Å². The number of pyridine rings is 1. The zero-order chi connectivity index (χ0) is 17.1. The molecular formula is C19H18N4O. The van der Waals surface area contributed by atoms with Gasteiger partial charge < -0.3 is 4.98 Å². The number of rotatable bonds is 1. The Kier molecular flexibility index (Phi) is 2.95. The fraction of sp³-hybridized carbons (Fsp3) is 0.316. The summed E-state index contributed by atoms with van der Waals surface area (Å²) in [6, 6.07) is 6.11. The lowest BCUT2D eigenvalue weighted by atomic mass is 9.87. The summed E-state index contributed by atoms with van der Waals surface area (Å²) < 4.78 is 0. The molecule has 0 saturated heterocycles. The Hall–Kier alpha value is -2.87. The summed E-state index contributed by atoms with van der Waals surface area (Å²) >= 11 is 0. The van der Waals surface area contributed by atoms with E-state index in [-0.39, 0.29) is 16.5 Å². The first-order valence-corrected chi connectivity index (χ1v) is 8.07. The lowest BCUT2D eigenvalue weighted by molar-refractivity contribution is 0.508. The van der Waals surface area contributed by atoms with E-state index in [1.807, 2.05) is 19.1 Å². The normalized spacial score (nSPS) is 15.4. The van der Waals surface area contributed by atoms with Crippen molar-refractivity contribution in [3.8, 4) is 17.2 Å². The van der Waals surface area contributed by atoms with E-state index in [1.54, 1.807) is 6.20 Å². The molecule has 0 radical (unpaired) electrons. The van der Waals surface area contributed by atoms with E-state index < -0.39 is 0 Å². The van der Waals surface area contributed by atoms with Crippen molar-refractivity contribution in [2.75, 3.05) is 0 Å². The van der Waals surface area contributed by atoms with Crippen molar-refractivity contribution in [2.24, 2.45) is 0 Å². The second-order valence-electron chi connectivity index (χ2n) is 7.14. The van der Waals surface area contributed by atoms with Crippen molar-refractivity contribution < 1.29 is 0 Å². The topological polar surface area (TPSA) is 85.3 Å². The molecule has 0 fully saturated rings. The number of hydrogen-bond acceptors (Lipinski definition) is 3. The van der Waals surface area contributed by atoms with Gasteiger partial charge in [0, 0.05) is 22.1 Å². The minimum atomic E-state index is -0.305. The minimum absolute atomic E-state index is 0.0879. The summed E-state index contributed by atoms with van der Waals surface area (Å²) in [6.07, 6.45) is 3.59. The number of aromatic nitrogens is 3. The maximum atomic E-state index is 12.6. The Labute approximate surface area is 139 Å². The second kappa shape index (κ2) is 4.81. The molecule has 0 amide bonds. The molecule has 0 aliphatic heterocycles. The number of aryl methyl sites for hydroxylation is 1. The van der Waals surface area contributed by atoms with Gasteiger partial charge >= 0.3 is 0 Å². The van der Waals surface area contributed by atoms with Crippen LogP contribution in [0.3, 0.4) is 0 Å². The first-order valence-electron chi connectivity index (χ1n) is 8.07. The Morgan fingerprint density at radius 2 is 2.08 bits per heavy atom. The molecule has 5 heteroatoms. The van der Waals surface area contributed by atoms with Crippen molar-refractivity contribution in [3.05, 3.63) is 51.1 Å². The van der Waals surface area contributed by atoms with E-state index in [0.717, 1.165) is 51.7 Å². The lowest BCUT2D eigenvalue weighted by Crippen LogP contribution is -2.22. The number of hydrogen-bond donors (Lipinski definition) is 2. The third kappa shape index (κ3) is 1.86. The number of nitrogens with one attached hydrogen (secondary N) is 2. The lowest BCUT2D eigenvalue weighted by Gasteiger charge is -2.20. The average molecular weight is 318 g/mol. The average Bonchev–Trinajstić information content (AvgIpc) is 3.11. The zero-order valence-electron chi connectivity index (χ0n) is 13.9. The van der Waals surface area contributed by atoms with Crippen LogP contribution in [-0.4, -0.2) is 15.2 Å². The number of nitrogens with zero attached hydrogens (tertiary/aromatic N) is 2. The van der Waals surface area contributed by atoms with E-state index >= 15 is 0 Å². The number of benzene rings is 1. The summed E-state index contributed by atoms with van der Waals surface area (Å²) in [4.78, 5) is 15.5. The smallest absolute Gasteiger partial charge is 0.266 e. The highest BCUT2D eigenvalue weighted by atomic mass is 16.1. The van der Waals surface area contributed by atoms with Crippen molar-refractivity contribution >= 4 is 10.9 Å². The molecule has 2 aromatic heterocycles. The highest BCUT2D eigenvalue weighted by Crippen LogP contribution is 2.43. The predicted octanol–water partition coefficient (Wildman–Crippen LogP) is 3.32. The molecule has 1 aliphatic rings. The largest absolute Gasteiger partial charge is 0.324 e. The van der Waals surface area contributed by atoms with Gasteiger partial charge in [0.05, 0.1) is 11.7 Å². The van der Waals surface area contributed by atoms with E-state index in [4.69, 9.17) is 0 Å². The molecule has 0 bridgehead atoms. The highest BCUT2D eigenvalue weighted by molar-refractivity contribution is 5.98. The number of aromatic amines is 2. The Morgan fingerprint density at radius 3 is 2.83 bits per heavy atom. The first kappa shape index (κ1) is 14.7. The maximum absolute atomic E-state index is 12.6. The van der Waals surface area contributed by atoms with E-state index in [0.29, 0.717) is 0 Å². The van der Waals surface area contributed by atoms with Gasteiger partial charge in [0.1, 0.15) is 11.6 Å². The molecule has 1 aliphatic carbocycles. The maximum Gasteiger partial charge on any atom is 0.266 e. The molecule has 2 heterocycles. The molecule has 0 atom stereocenters. The van der Waals surface area contributed by atoms with Gasteiger partial charge in [-0.05, 0) is 42.5 Å². The van der Waals surface area contributed by atoms with E-state index in [9.17, 15) is 10.1 Å². The summed E-state index contributed by atoms with van der Waals surface area (Å²) in [5, 5.41) is 17.7. The molecule has 1 aromatic carbocycles. The SMILES string of the molecule is Cc1ccc2[nH]ncc2c1-c1c2c([nH]c(=O)c1C#N)C(C)(C)CC2. The summed E-state index contributed by atoms with van der Waals surface area (Å²) in [5.41, 5.74) is 5.53. The molecule has 0 saturated carbocycles. The van der Waals surface area contributed by atoms with Gasteiger partial charge in [-0.3, -0.25) is 9.89 Å². The van der Waals surface area contributed by atoms with Gasteiger partial charge in [-0.15, -0.1) is 0 Å². The molecular weight excluding hydrogens is 300 g/mol. The fourth-order valence-electron chi connectivity index (χ4n) is 3.87. The van der Waals surface area contributed by atoms with Gasteiger partial charge in [-0.1, -0.05) is 19.9 Å². The van der Waals surface area contributed by atoms with Crippen LogP contribution >= 0.6 is 0 Å². The summed E-state index contributed by atoms with van der Waals surface area (Å²) in [6.45, 7) is 6.28. The van der Waals surface area contributed by atoms with Gasteiger partial charge in [0.15, 0.2) is 0 Å². The monoisotopic (exact) mass is 318 g/mol. The highest BCUT2D eigenvalue weighted by Gasteiger charge is 2.35. The number of H-pyrrole nitrogens is 2. The van der Waals surface area contributed by atoms with Crippen LogP contribution in [0.2, 0.25) is 0 Å². The predicted molar refractivity (Wildman–Crippen MR) is 92.9 cm³/mol. The van der Waals surface area contributed by atoms with Gasteiger partial charge in [-0.25, -0.2) is 0 Å². The van der Waals surface area contributed by atoms with Crippen molar-refractivity contribution in [3.63, 3.8) is 0 Å². The Balaban J connectivity index is 2.20. The van der Waals surface area contributed by atoms with Crippen LogP contribution in [0.25, 0.3) is 22.0 Å². The second-order valence-corrected chi connectivity index (χ2v) is 7.14. The van der Waals surface area contributed by atoms with Crippen LogP contribution in [0, 0.1) is 18.3 Å². The van der Waals surface area contributed by atoms with Crippen molar-refractivity contribution in [1.82, 2.24) is 15.2 Å². The fourth-order valence-corrected chi connectivity index (χ4v) is 3.87. The van der Waals surface area contributed by atoms with Gasteiger partial charge in [0.2, 0.25) is 0 Å². The molecule has 3 aromatic rings. The third-order valence-electron chi connectivity index (χ3n) is 5.19. The van der Waals surface area contributed by atoms with Gasteiger partial charge in [0.25, 0.3) is 5.56 Å². The standard InChI is InChI=1S/C19H18N4O/c1-10-4-5-14-13(9-21-23-14)15(10)16-11-6-7-19(2,3)17(11)22-18(24)12(16)8-20/h4-5,9H,6-7H2,1-3H3,(H,21,23)(H,22,24). The molecule has 24 heavy (non-hydrogen) atoms. The molecule has 5 nitrogen and oxygen atoms in total. The zero-order valence-corrected chi connectivity index (χ0v) is 13.9. The van der Waals surface area contributed by atoms with Gasteiger partial charge in [-0.2, -0.15) is 10.4 Å². The minimum Gasteiger partial charge on any atom is -0.324 e. The van der Waals surface area contributed by atoms with E-state index in [1.165, 1.54) is 0 Å². The molecule has 2 N–H and O–H groups in total. The first-order chi connectivity index (χ1) is 11.4. The summed E-state index contributed by atoms with van der Waals surface area (Å²) in [7, 11) is 0. The van der Waals surface area contributed by atoms with Crippen LogP contribution in [0.5, 0.6) is 0 Å². The van der Waals surface area contributed by atoms with Crippen LogP contribution in [0.1, 0.15) is 42.7 Å². The quantitative estimate of drug-likeness (QED) is 0.721. The molecule has 4 rings (SSSR count).